The van der Waals surface area contributed by atoms with Crippen molar-refractivity contribution in [1.29, 1.82) is 0 Å². The molecule has 0 saturated heterocycles. The summed E-state index contributed by atoms with van der Waals surface area (Å²) >= 11 is 0. The van der Waals surface area contributed by atoms with Crippen molar-refractivity contribution in [2.24, 2.45) is 5.41 Å². The quantitative estimate of drug-likeness (QED) is 0.370. The second-order valence-corrected chi connectivity index (χ2v) is 8.54. The molecule has 0 spiro atoms. The summed E-state index contributed by atoms with van der Waals surface area (Å²) in [7, 11) is 1.99. The molecule has 1 saturated carbocycles. The zero-order valence-corrected chi connectivity index (χ0v) is 14.0. The van der Waals surface area contributed by atoms with E-state index in [4.69, 9.17) is 20.2 Å². The van der Waals surface area contributed by atoms with Crippen molar-refractivity contribution in [2.45, 2.75) is 51.9 Å². The van der Waals surface area contributed by atoms with Crippen molar-refractivity contribution in [3.8, 4) is 0 Å². The average Bonchev–Trinajstić information content (AvgIpc) is 2.57. The van der Waals surface area contributed by atoms with E-state index in [1.807, 2.05) is 0 Å². The maximum Gasteiger partial charge on any atom is 0.233 e. The predicted molar refractivity (Wildman–Crippen MR) is 81.7 cm³/mol. The predicted octanol–water partition coefficient (Wildman–Crippen LogP) is 3.34. The van der Waals surface area contributed by atoms with Gasteiger partial charge >= 0.3 is 0 Å². The minimum atomic E-state index is -3.49. The van der Waals surface area contributed by atoms with Crippen molar-refractivity contribution in [3.05, 3.63) is 0 Å². The van der Waals surface area contributed by atoms with Crippen LogP contribution in [0.4, 0.5) is 0 Å². The van der Waals surface area contributed by atoms with Crippen LogP contribution in [0.5, 0.6) is 0 Å². The molecule has 0 unspecified atom stereocenters. The van der Waals surface area contributed by atoms with Crippen LogP contribution in [-0.4, -0.2) is 40.6 Å². The molecule has 0 aromatic heterocycles. The summed E-state index contributed by atoms with van der Waals surface area (Å²) in [6, 6.07) is 0. The summed E-state index contributed by atoms with van der Waals surface area (Å²) in [5.41, 5.74) is -0.304. The van der Waals surface area contributed by atoms with E-state index in [-0.39, 0.29) is 11.2 Å². The van der Waals surface area contributed by atoms with Gasteiger partial charge in [-0.2, -0.15) is 0 Å². The lowest BCUT2D eigenvalue weighted by atomic mass is 9.83. The Bertz CT molecular complexity index is 348. The monoisotopic (exact) mass is 326 g/mol. The summed E-state index contributed by atoms with van der Waals surface area (Å²) in [4.78, 5) is 0. The molecule has 0 aromatic rings. The normalized spacial score (nSPS) is 19.7. The number of ether oxygens (including phenoxy) is 2. The van der Waals surface area contributed by atoms with E-state index in [9.17, 15) is 8.42 Å². The largest absolute Gasteiger partial charge is 0.379 e. The second-order valence-electron chi connectivity index (χ2n) is 5.76. The Kier molecular flexibility index (Phi) is 8.41. The molecule has 0 atom stereocenters. The van der Waals surface area contributed by atoms with Gasteiger partial charge in [0.15, 0.2) is 0 Å². The zero-order valence-electron chi connectivity index (χ0n) is 12.4. The molecule has 0 aromatic carbocycles. The molecule has 4 nitrogen and oxygen atoms in total. The summed E-state index contributed by atoms with van der Waals surface area (Å²) in [5.74, 6) is 0.0252. The highest BCUT2D eigenvalue weighted by Gasteiger charge is 2.35. The van der Waals surface area contributed by atoms with E-state index in [0.717, 1.165) is 38.7 Å². The Labute approximate surface area is 127 Å². The summed E-state index contributed by atoms with van der Waals surface area (Å²) in [5, 5.41) is 0. The minimum Gasteiger partial charge on any atom is -0.379 e. The fourth-order valence-electron chi connectivity index (χ4n) is 2.83. The maximum atomic E-state index is 11.5. The highest BCUT2D eigenvalue weighted by atomic mass is 35.7. The molecule has 20 heavy (non-hydrogen) atoms. The fraction of sp³-hybridized carbons (Fsp3) is 1.00. The number of hydrogen-bond donors (Lipinski definition) is 0. The van der Waals surface area contributed by atoms with Crippen molar-refractivity contribution in [3.63, 3.8) is 0 Å². The number of hydrogen-bond acceptors (Lipinski definition) is 4. The third-order valence-corrected chi connectivity index (χ3v) is 5.06. The Morgan fingerprint density at radius 3 is 2.15 bits per heavy atom. The molecule has 1 aliphatic carbocycles. The van der Waals surface area contributed by atoms with Crippen LogP contribution in [0, 0.1) is 5.41 Å². The minimum absolute atomic E-state index is 0.0252. The molecule has 6 heteroatoms. The van der Waals surface area contributed by atoms with E-state index >= 15 is 0 Å². The lowest BCUT2D eigenvalue weighted by Gasteiger charge is -2.31. The van der Waals surface area contributed by atoms with Gasteiger partial charge in [0.2, 0.25) is 9.05 Å². The van der Waals surface area contributed by atoms with Crippen LogP contribution in [0.2, 0.25) is 0 Å². The van der Waals surface area contributed by atoms with E-state index in [1.165, 1.54) is 12.8 Å². The first-order chi connectivity index (χ1) is 9.47. The fourth-order valence-corrected chi connectivity index (χ4v) is 4.63. The first-order valence-electron chi connectivity index (χ1n) is 7.55. The smallest absolute Gasteiger partial charge is 0.233 e. The van der Waals surface area contributed by atoms with E-state index in [0.29, 0.717) is 19.8 Å². The van der Waals surface area contributed by atoms with Gasteiger partial charge in [-0.1, -0.05) is 32.6 Å². The summed E-state index contributed by atoms with van der Waals surface area (Å²) < 4.78 is 34.0. The molecular weight excluding hydrogens is 300 g/mol. The SMILES string of the molecule is CCCOCCOCC1(CS(=O)(=O)Cl)CCCCCC1. The molecule has 1 aliphatic rings. The van der Waals surface area contributed by atoms with Crippen LogP contribution in [0.15, 0.2) is 0 Å². The highest BCUT2D eigenvalue weighted by molar-refractivity contribution is 8.13. The molecule has 1 fully saturated rings. The summed E-state index contributed by atoms with van der Waals surface area (Å²) in [6.45, 7) is 4.35. The topological polar surface area (TPSA) is 52.6 Å². The van der Waals surface area contributed by atoms with Crippen molar-refractivity contribution < 1.29 is 17.9 Å². The molecule has 0 aliphatic heterocycles. The van der Waals surface area contributed by atoms with E-state index in [2.05, 4.69) is 6.92 Å². The maximum absolute atomic E-state index is 11.5. The first-order valence-corrected chi connectivity index (χ1v) is 10.0. The highest BCUT2D eigenvalue weighted by Crippen LogP contribution is 2.37. The molecule has 0 N–H and O–H groups in total. The second kappa shape index (κ2) is 9.23. The summed E-state index contributed by atoms with van der Waals surface area (Å²) in [6.07, 6.45) is 7.22. The van der Waals surface area contributed by atoms with Gasteiger partial charge < -0.3 is 9.47 Å². The standard InChI is InChI=1S/C14H27ClO4S/c1-2-9-18-10-11-19-12-14(13-20(15,16)17)7-5-3-4-6-8-14/h2-13H2,1H3. The van der Waals surface area contributed by atoms with Gasteiger partial charge in [-0.15, -0.1) is 0 Å². The average molecular weight is 327 g/mol. The molecule has 0 bridgehead atoms. The van der Waals surface area contributed by atoms with Gasteiger partial charge in [-0.05, 0) is 19.3 Å². The third kappa shape index (κ3) is 7.81. The zero-order chi connectivity index (χ0) is 14.9. The molecule has 0 radical (unpaired) electrons. The van der Waals surface area contributed by atoms with Crippen LogP contribution >= 0.6 is 10.7 Å². The van der Waals surface area contributed by atoms with Crippen LogP contribution in [0.1, 0.15) is 51.9 Å². The Morgan fingerprint density at radius 1 is 1.00 bits per heavy atom. The van der Waals surface area contributed by atoms with Crippen molar-refractivity contribution in [1.82, 2.24) is 0 Å². The Morgan fingerprint density at radius 2 is 1.60 bits per heavy atom. The van der Waals surface area contributed by atoms with Gasteiger partial charge in [0.25, 0.3) is 0 Å². The molecule has 1 rings (SSSR count). The van der Waals surface area contributed by atoms with Crippen LogP contribution in [0.25, 0.3) is 0 Å². The van der Waals surface area contributed by atoms with Gasteiger partial charge in [-0.25, -0.2) is 8.42 Å². The molecular formula is C14H27ClO4S. The third-order valence-electron chi connectivity index (χ3n) is 3.77. The number of rotatable bonds is 9. The lowest BCUT2D eigenvalue weighted by Crippen LogP contribution is -2.33. The van der Waals surface area contributed by atoms with E-state index in [1.54, 1.807) is 0 Å². The van der Waals surface area contributed by atoms with Crippen molar-refractivity contribution >= 4 is 19.7 Å². The van der Waals surface area contributed by atoms with E-state index < -0.39 is 9.05 Å². The number of halogens is 1. The molecule has 0 amide bonds. The molecule has 0 heterocycles. The van der Waals surface area contributed by atoms with Crippen molar-refractivity contribution in [2.75, 3.05) is 32.2 Å². The van der Waals surface area contributed by atoms with Gasteiger partial charge in [-0.3, -0.25) is 0 Å². The Hall–Kier alpha value is 0.160. The van der Waals surface area contributed by atoms with Gasteiger partial charge in [0.05, 0.1) is 25.6 Å². The van der Waals surface area contributed by atoms with Gasteiger partial charge in [0, 0.05) is 22.7 Å². The van der Waals surface area contributed by atoms with Crippen LogP contribution in [0.3, 0.4) is 0 Å². The van der Waals surface area contributed by atoms with Crippen LogP contribution < -0.4 is 0 Å². The first kappa shape index (κ1) is 18.2. The molecule has 120 valence electrons. The van der Waals surface area contributed by atoms with Gasteiger partial charge in [0.1, 0.15) is 0 Å². The van der Waals surface area contributed by atoms with Crippen LogP contribution in [-0.2, 0) is 18.5 Å². The Balaban J connectivity index is 2.45. The lowest BCUT2D eigenvalue weighted by molar-refractivity contribution is 0.00632.